The van der Waals surface area contributed by atoms with Gasteiger partial charge in [0, 0.05) is 0 Å². The Hall–Kier alpha value is -2.24. The number of aldehydes is 1. The molecular weight excluding hydrogens is 239 g/mol. The van der Waals surface area contributed by atoms with Crippen LogP contribution in [0.15, 0.2) is 18.2 Å². The number of imide groups is 1. The molecule has 6 heteroatoms. The largest absolute Gasteiger partial charge is 0.350 e. The number of piperazine rings is 1. The second kappa shape index (κ2) is 4.56. The van der Waals surface area contributed by atoms with Crippen molar-refractivity contribution in [3.63, 3.8) is 0 Å². The monoisotopic (exact) mass is 250 g/mol. The number of anilines is 1. The van der Waals surface area contributed by atoms with Gasteiger partial charge in [-0.15, -0.1) is 0 Å². The molecule has 1 unspecified atom stereocenters. The van der Waals surface area contributed by atoms with E-state index in [-0.39, 0.29) is 17.8 Å². The van der Waals surface area contributed by atoms with Gasteiger partial charge in [-0.2, -0.15) is 0 Å². The Labute approximate surface area is 103 Å². The highest BCUT2D eigenvalue weighted by atomic mass is 19.1. The minimum absolute atomic E-state index is 0.0861. The number of rotatable bonds is 2. The molecule has 1 fully saturated rings. The Morgan fingerprint density at radius 2 is 2.17 bits per heavy atom. The molecule has 1 aromatic carbocycles. The number of hydrogen-bond donors (Lipinski definition) is 1. The first-order chi connectivity index (χ1) is 8.54. The smallest absolute Gasteiger partial charge is 0.249 e. The molecule has 0 bridgehead atoms. The molecule has 1 aliphatic rings. The summed E-state index contributed by atoms with van der Waals surface area (Å²) < 4.78 is 13.5. The van der Waals surface area contributed by atoms with Gasteiger partial charge >= 0.3 is 0 Å². The van der Waals surface area contributed by atoms with E-state index in [9.17, 15) is 18.8 Å². The normalized spacial score (nSPS) is 19.7. The Bertz CT molecular complexity index is 530. The lowest BCUT2D eigenvalue weighted by molar-refractivity contribution is -0.132. The van der Waals surface area contributed by atoms with Gasteiger partial charge in [0.05, 0.1) is 17.8 Å². The first-order valence-electron chi connectivity index (χ1n) is 5.38. The summed E-state index contributed by atoms with van der Waals surface area (Å²) >= 11 is 0. The van der Waals surface area contributed by atoms with Gasteiger partial charge in [0.2, 0.25) is 11.8 Å². The SMILES string of the molecule is CC1C(=O)NC(=O)CN1c1cccc(F)c1C=O. The molecule has 2 rings (SSSR count). The summed E-state index contributed by atoms with van der Waals surface area (Å²) in [5, 5.41) is 2.18. The molecule has 18 heavy (non-hydrogen) atoms. The maximum absolute atomic E-state index is 13.5. The lowest BCUT2D eigenvalue weighted by Gasteiger charge is -2.34. The van der Waals surface area contributed by atoms with Gasteiger partial charge in [-0.25, -0.2) is 4.39 Å². The lowest BCUT2D eigenvalue weighted by Crippen LogP contribution is -2.57. The van der Waals surface area contributed by atoms with E-state index in [0.29, 0.717) is 6.29 Å². The minimum Gasteiger partial charge on any atom is -0.350 e. The molecule has 1 atom stereocenters. The predicted octanol–water partition coefficient (Wildman–Crippen LogP) is 0.489. The van der Waals surface area contributed by atoms with Crippen molar-refractivity contribution in [2.24, 2.45) is 0 Å². The zero-order valence-electron chi connectivity index (χ0n) is 9.64. The fraction of sp³-hybridized carbons (Fsp3) is 0.250. The molecule has 1 N–H and O–H groups in total. The van der Waals surface area contributed by atoms with Crippen LogP contribution in [-0.4, -0.2) is 30.7 Å². The number of benzene rings is 1. The Morgan fingerprint density at radius 1 is 1.44 bits per heavy atom. The summed E-state index contributed by atoms with van der Waals surface area (Å²) in [6, 6.07) is 3.46. The van der Waals surface area contributed by atoms with Crippen LogP contribution in [0.5, 0.6) is 0 Å². The Morgan fingerprint density at radius 3 is 2.83 bits per heavy atom. The quantitative estimate of drug-likeness (QED) is 0.612. The van der Waals surface area contributed by atoms with Crippen molar-refractivity contribution in [3.05, 3.63) is 29.6 Å². The van der Waals surface area contributed by atoms with E-state index in [1.807, 2.05) is 0 Å². The average Bonchev–Trinajstić information content (AvgIpc) is 2.33. The van der Waals surface area contributed by atoms with Crippen molar-refractivity contribution in [1.29, 1.82) is 0 Å². The van der Waals surface area contributed by atoms with Crippen LogP contribution in [0.3, 0.4) is 0 Å². The van der Waals surface area contributed by atoms with Gasteiger partial charge < -0.3 is 4.90 Å². The standard InChI is InChI=1S/C12H11FN2O3/c1-7-12(18)14-11(17)5-15(7)10-4-2-3-9(13)8(10)6-16/h2-4,6-7H,5H2,1H3,(H,14,17,18). The van der Waals surface area contributed by atoms with E-state index in [1.54, 1.807) is 6.92 Å². The highest BCUT2D eigenvalue weighted by Gasteiger charge is 2.31. The first kappa shape index (κ1) is 12.2. The zero-order valence-corrected chi connectivity index (χ0v) is 9.64. The molecule has 0 aromatic heterocycles. The summed E-state index contributed by atoms with van der Waals surface area (Å²) in [7, 11) is 0. The minimum atomic E-state index is -0.673. The third-order valence-electron chi connectivity index (χ3n) is 2.88. The van der Waals surface area contributed by atoms with Crippen molar-refractivity contribution in [2.45, 2.75) is 13.0 Å². The first-order valence-corrected chi connectivity index (χ1v) is 5.38. The molecule has 0 aliphatic carbocycles. The van der Waals surface area contributed by atoms with Gasteiger partial charge in [-0.05, 0) is 19.1 Å². The second-order valence-electron chi connectivity index (χ2n) is 4.01. The summed E-state index contributed by atoms with van der Waals surface area (Å²) in [6.07, 6.45) is 0.383. The summed E-state index contributed by atoms with van der Waals surface area (Å²) in [4.78, 5) is 35.2. The maximum Gasteiger partial charge on any atom is 0.249 e. The zero-order chi connectivity index (χ0) is 13.3. The third kappa shape index (κ3) is 1.97. The fourth-order valence-electron chi connectivity index (χ4n) is 1.90. The summed E-state index contributed by atoms with van der Waals surface area (Å²) in [5.41, 5.74) is 0.104. The number of nitrogens with zero attached hydrogens (tertiary/aromatic N) is 1. The van der Waals surface area contributed by atoms with E-state index < -0.39 is 23.7 Å². The number of hydrogen-bond acceptors (Lipinski definition) is 4. The molecule has 1 heterocycles. The van der Waals surface area contributed by atoms with Crippen LogP contribution < -0.4 is 10.2 Å². The van der Waals surface area contributed by atoms with Crippen LogP contribution in [0.4, 0.5) is 10.1 Å². The van der Waals surface area contributed by atoms with Gasteiger partial charge in [-0.3, -0.25) is 19.7 Å². The molecular formula is C12H11FN2O3. The van der Waals surface area contributed by atoms with E-state index in [1.165, 1.54) is 17.0 Å². The van der Waals surface area contributed by atoms with Crippen LogP contribution in [0.25, 0.3) is 0 Å². The van der Waals surface area contributed by atoms with Crippen LogP contribution in [-0.2, 0) is 9.59 Å². The van der Waals surface area contributed by atoms with E-state index >= 15 is 0 Å². The van der Waals surface area contributed by atoms with Crippen LogP contribution in [0, 0.1) is 5.82 Å². The highest BCUT2D eigenvalue weighted by Crippen LogP contribution is 2.24. The van der Waals surface area contributed by atoms with E-state index in [4.69, 9.17) is 0 Å². The molecule has 0 radical (unpaired) electrons. The van der Waals surface area contributed by atoms with Crippen molar-refractivity contribution < 1.29 is 18.8 Å². The van der Waals surface area contributed by atoms with Gasteiger partial charge in [-0.1, -0.05) is 6.07 Å². The molecule has 0 saturated carbocycles. The summed E-state index contributed by atoms with van der Waals surface area (Å²) in [5.74, 6) is -1.61. The molecule has 1 saturated heterocycles. The average molecular weight is 250 g/mol. The molecule has 94 valence electrons. The molecule has 1 aliphatic heterocycles. The van der Waals surface area contributed by atoms with Crippen LogP contribution in [0.2, 0.25) is 0 Å². The van der Waals surface area contributed by atoms with Crippen molar-refractivity contribution in [3.8, 4) is 0 Å². The van der Waals surface area contributed by atoms with E-state index in [0.717, 1.165) is 6.07 Å². The van der Waals surface area contributed by atoms with Gasteiger partial charge in [0.25, 0.3) is 0 Å². The second-order valence-corrected chi connectivity index (χ2v) is 4.01. The van der Waals surface area contributed by atoms with Gasteiger partial charge in [0.1, 0.15) is 11.9 Å². The fourth-order valence-corrected chi connectivity index (χ4v) is 1.90. The highest BCUT2D eigenvalue weighted by molar-refractivity contribution is 6.05. The van der Waals surface area contributed by atoms with Crippen molar-refractivity contribution in [1.82, 2.24) is 5.32 Å². The Kier molecular flexibility index (Phi) is 3.10. The lowest BCUT2D eigenvalue weighted by atomic mass is 10.1. The third-order valence-corrected chi connectivity index (χ3v) is 2.88. The molecule has 1 aromatic rings. The summed E-state index contributed by atoms with van der Waals surface area (Å²) in [6.45, 7) is 1.50. The van der Waals surface area contributed by atoms with Crippen LogP contribution >= 0.6 is 0 Å². The number of amides is 2. The van der Waals surface area contributed by atoms with Crippen molar-refractivity contribution >= 4 is 23.8 Å². The predicted molar refractivity (Wildman–Crippen MR) is 61.7 cm³/mol. The molecule has 5 nitrogen and oxygen atoms in total. The van der Waals surface area contributed by atoms with Crippen LogP contribution in [0.1, 0.15) is 17.3 Å². The molecule has 2 amide bonds. The topological polar surface area (TPSA) is 66.5 Å². The number of carbonyl (C=O) groups excluding carboxylic acids is 3. The Balaban J connectivity index is 2.47. The number of halogens is 1. The number of nitrogens with one attached hydrogen (secondary N) is 1. The maximum atomic E-state index is 13.5. The van der Waals surface area contributed by atoms with Crippen molar-refractivity contribution in [2.75, 3.05) is 11.4 Å². The molecule has 0 spiro atoms. The van der Waals surface area contributed by atoms with E-state index in [2.05, 4.69) is 5.32 Å². The number of carbonyl (C=O) groups is 3. The van der Waals surface area contributed by atoms with Gasteiger partial charge in [0.15, 0.2) is 6.29 Å².